The smallest absolute Gasteiger partial charge is 0.293 e. The van der Waals surface area contributed by atoms with Crippen molar-refractivity contribution in [3.05, 3.63) is 63.2 Å². The summed E-state index contributed by atoms with van der Waals surface area (Å²) in [6, 6.07) is 9.83. The van der Waals surface area contributed by atoms with Gasteiger partial charge in [-0.05, 0) is 49.6 Å². The topological polar surface area (TPSA) is 81.5 Å². The van der Waals surface area contributed by atoms with Crippen LogP contribution in [0.4, 0.5) is 11.4 Å². The Bertz CT molecular complexity index is 772. The number of hydrogen-bond acceptors (Lipinski definition) is 4. The van der Waals surface area contributed by atoms with Crippen LogP contribution in [0.3, 0.4) is 0 Å². The molecule has 6 nitrogen and oxygen atoms in total. The van der Waals surface area contributed by atoms with E-state index in [2.05, 4.69) is 5.32 Å². The van der Waals surface area contributed by atoms with Gasteiger partial charge in [0.05, 0.1) is 11.5 Å². The van der Waals surface area contributed by atoms with Gasteiger partial charge in [0.15, 0.2) is 0 Å². The highest BCUT2D eigenvalue weighted by molar-refractivity contribution is 6.06. The van der Waals surface area contributed by atoms with Crippen molar-refractivity contribution in [1.82, 2.24) is 0 Å². The number of amides is 1. The van der Waals surface area contributed by atoms with Gasteiger partial charge in [0.1, 0.15) is 11.4 Å². The van der Waals surface area contributed by atoms with E-state index in [4.69, 9.17) is 4.74 Å². The monoisotopic (exact) mass is 328 g/mol. The van der Waals surface area contributed by atoms with E-state index in [9.17, 15) is 14.9 Å². The predicted octanol–water partition coefficient (Wildman–Crippen LogP) is 4.25. The van der Waals surface area contributed by atoms with Crippen molar-refractivity contribution in [3.8, 4) is 5.75 Å². The zero-order chi connectivity index (χ0) is 17.7. The third-order valence-corrected chi connectivity index (χ3v) is 3.72. The number of nitro benzene ring substituents is 1. The Kier molecular flexibility index (Phi) is 5.52. The molecule has 0 radical (unpaired) electrons. The maximum atomic E-state index is 12.5. The minimum Gasteiger partial charge on any atom is -0.494 e. The average molecular weight is 328 g/mol. The third kappa shape index (κ3) is 3.90. The van der Waals surface area contributed by atoms with Crippen LogP contribution in [0.5, 0.6) is 5.75 Å². The average Bonchev–Trinajstić information content (AvgIpc) is 2.57. The summed E-state index contributed by atoms with van der Waals surface area (Å²) in [6.45, 7) is 6.15. The molecule has 0 saturated heterocycles. The van der Waals surface area contributed by atoms with Crippen molar-refractivity contribution < 1.29 is 14.5 Å². The molecule has 0 aliphatic carbocycles. The number of nitrogens with one attached hydrogen (secondary N) is 1. The Labute approximate surface area is 140 Å². The molecule has 0 bridgehead atoms. The van der Waals surface area contributed by atoms with E-state index in [-0.39, 0.29) is 11.4 Å². The quantitative estimate of drug-likeness (QED) is 0.635. The highest BCUT2D eigenvalue weighted by Gasteiger charge is 2.20. The van der Waals surface area contributed by atoms with E-state index >= 15 is 0 Å². The van der Waals surface area contributed by atoms with Crippen LogP contribution in [0.25, 0.3) is 0 Å². The standard InChI is InChI=1S/C18H20N2O4/c1-4-10-24-15-7-5-6-14(11-15)18(21)19-17-13(3)12(2)8-9-16(17)20(22)23/h5-9,11H,4,10H2,1-3H3,(H,19,21). The fourth-order valence-electron chi connectivity index (χ4n) is 2.24. The highest BCUT2D eigenvalue weighted by Crippen LogP contribution is 2.30. The Balaban J connectivity index is 2.30. The first-order valence-electron chi connectivity index (χ1n) is 7.72. The van der Waals surface area contributed by atoms with Crippen molar-refractivity contribution in [2.75, 3.05) is 11.9 Å². The lowest BCUT2D eigenvalue weighted by atomic mass is 10.1. The third-order valence-electron chi connectivity index (χ3n) is 3.72. The van der Waals surface area contributed by atoms with Gasteiger partial charge in [0, 0.05) is 11.6 Å². The van der Waals surface area contributed by atoms with Gasteiger partial charge in [0.25, 0.3) is 11.6 Å². The molecular formula is C18H20N2O4. The molecule has 0 aliphatic rings. The minimum atomic E-state index is -0.497. The number of anilines is 1. The van der Waals surface area contributed by atoms with Crippen molar-refractivity contribution in [1.29, 1.82) is 0 Å². The van der Waals surface area contributed by atoms with Gasteiger partial charge in [0.2, 0.25) is 0 Å². The molecule has 2 aromatic rings. The summed E-state index contributed by atoms with van der Waals surface area (Å²) >= 11 is 0. The van der Waals surface area contributed by atoms with Gasteiger partial charge in [-0.3, -0.25) is 14.9 Å². The van der Waals surface area contributed by atoms with Crippen LogP contribution in [0.15, 0.2) is 36.4 Å². The lowest BCUT2D eigenvalue weighted by Crippen LogP contribution is -2.14. The van der Waals surface area contributed by atoms with Gasteiger partial charge in [-0.1, -0.05) is 19.1 Å². The molecule has 2 aromatic carbocycles. The molecule has 0 spiro atoms. The fourth-order valence-corrected chi connectivity index (χ4v) is 2.24. The molecule has 126 valence electrons. The number of carbonyl (C=O) groups is 1. The largest absolute Gasteiger partial charge is 0.494 e. The molecule has 0 fully saturated rings. The molecule has 0 heterocycles. The molecule has 0 unspecified atom stereocenters. The Morgan fingerprint density at radius 2 is 2.00 bits per heavy atom. The normalized spacial score (nSPS) is 10.3. The second-order valence-corrected chi connectivity index (χ2v) is 5.49. The van der Waals surface area contributed by atoms with E-state index in [0.717, 1.165) is 12.0 Å². The van der Waals surface area contributed by atoms with Crippen LogP contribution in [0, 0.1) is 24.0 Å². The zero-order valence-electron chi connectivity index (χ0n) is 14.0. The molecule has 1 amide bonds. The molecule has 0 aromatic heterocycles. The summed E-state index contributed by atoms with van der Waals surface area (Å²) in [4.78, 5) is 23.2. The molecule has 0 aliphatic heterocycles. The number of hydrogen-bond donors (Lipinski definition) is 1. The number of rotatable bonds is 6. The highest BCUT2D eigenvalue weighted by atomic mass is 16.6. The lowest BCUT2D eigenvalue weighted by Gasteiger charge is -2.12. The lowest BCUT2D eigenvalue weighted by molar-refractivity contribution is -0.384. The van der Waals surface area contributed by atoms with Crippen molar-refractivity contribution >= 4 is 17.3 Å². The first-order valence-corrected chi connectivity index (χ1v) is 7.72. The molecule has 24 heavy (non-hydrogen) atoms. The predicted molar refractivity (Wildman–Crippen MR) is 92.8 cm³/mol. The number of ether oxygens (including phenoxy) is 1. The van der Waals surface area contributed by atoms with Crippen molar-refractivity contribution in [2.45, 2.75) is 27.2 Å². The summed E-state index contributed by atoms with van der Waals surface area (Å²) in [7, 11) is 0. The Morgan fingerprint density at radius 1 is 1.25 bits per heavy atom. The maximum absolute atomic E-state index is 12.5. The second-order valence-electron chi connectivity index (χ2n) is 5.49. The van der Waals surface area contributed by atoms with Gasteiger partial charge in [-0.25, -0.2) is 0 Å². The molecule has 0 saturated carbocycles. The first kappa shape index (κ1) is 17.5. The number of aryl methyl sites for hydroxylation is 1. The number of carbonyl (C=O) groups excluding carboxylic acids is 1. The summed E-state index contributed by atoms with van der Waals surface area (Å²) < 4.78 is 5.51. The van der Waals surface area contributed by atoms with Crippen LogP contribution in [-0.2, 0) is 0 Å². The molecule has 6 heteroatoms. The van der Waals surface area contributed by atoms with Crippen LogP contribution in [0.2, 0.25) is 0 Å². The van der Waals surface area contributed by atoms with Gasteiger partial charge in [-0.2, -0.15) is 0 Å². The summed E-state index contributed by atoms with van der Waals surface area (Å²) in [5.74, 6) is 0.189. The minimum absolute atomic E-state index is 0.121. The number of nitrogens with zero attached hydrogens (tertiary/aromatic N) is 1. The van der Waals surface area contributed by atoms with Crippen LogP contribution in [-0.4, -0.2) is 17.4 Å². The summed E-state index contributed by atoms with van der Waals surface area (Å²) in [5.41, 5.74) is 2.04. The van der Waals surface area contributed by atoms with E-state index < -0.39 is 10.8 Å². The summed E-state index contributed by atoms with van der Waals surface area (Å²) in [6.07, 6.45) is 0.866. The van der Waals surface area contributed by atoms with Gasteiger partial charge >= 0.3 is 0 Å². The first-order chi connectivity index (χ1) is 11.4. The molecule has 2 rings (SSSR count). The van der Waals surface area contributed by atoms with Gasteiger partial charge in [-0.15, -0.1) is 0 Å². The number of nitro groups is 1. The van der Waals surface area contributed by atoms with Crippen LogP contribution in [0.1, 0.15) is 34.8 Å². The SMILES string of the molecule is CCCOc1cccc(C(=O)Nc2c([N+](=O)[O-])ccc(C)c2C)c1. The molecular weight excluding hydrogens is 308 g/mol. The zero-order valence-corrected chi connectivity index (χ0v) is 14.0. The van der Waals surface area contributed by atoms with Crippen molar-refractivity contribution in [2.24, 2.45) is 0 Å². The van der Waals surface area contributed by atoms with Crippen LogP contribution < -0.4 is 10.1 Å². The summed E-state index contributed by atoms with van der Waals surface area (Å²) in [5, 5.41) is 13.9. The molecule has 1 N–H and O–H groups in total. The number of benzene rings is 2. The Hall–Kier alpha value is -2.89. The maximum Gasteiger partial charge on any atom is 0.293 e. The molecule has 0 atom stereocenters. The van der Waals surface area contributed by atoms with Crippen molar-refractivity contribution in [3.63, 3.8) is 0 Å². The fraction of sp³-hybridized carbons (Fsp3) is 0.278. The van der Waals surface area contributed by atoms with E-state index in [1.165, 1.54) is 6.07 Å². The second kappa shape index (κ2) is 7.59. The Morgan fingerprint density at radius 3 is 2.67 bits per heavy atom. The van der Waals surface area contributed by atoms with E-state index in [1.807, 2.05) is 13.8 Å². The van der Waals surface area contributed by atoms with Crippen LogP contribution >= 0.6 is 0 Å². The van der Waals surface area contributed by atoms with E-state index in [1.54, 1.807) is 37.3 Å². The van der Waals surface area contributed by atoms with Gasteiger partial charge < -0.3 is 10.1 Å². The van der Waals surface area contributed by atoms with E-state index in [0.29, 0.717) is 23.5 Å².